The molecule has 0 aliphatic rings. The predicted molar refractivity (Wildman–Crippen MR) is 40.2 cm³/mol. The minimum atomic E-state index is -0.277. The fourth-order valence-corrected chi connectivity index (χ4v) is 0.792. The maximum Gasteiger partial charge on any atom is 0.123 e. The van der Waals surface area contributed by atoms with E-state index in [0.717, 1.165) is 5.56 Å². The number of halogens is 2. The summed E-state index contributed by atoms with van der Waals surface area (Å²) >= 11 is 5.03. The van der Waals surface area contributed by atoms with Crippen LogP contribution in [0, 0.1) is 5.82 Å². The van der Waals surface area contributed by atoms with Gasteiger partial charge in [0.1, 0.15) is 5.82 Å². The highest BCUT2D eigenvalue weighted by atomic mass is 35.5. The summed E-state index contributed by atoms with van der Waals surface area (Å²) in [5, 5.41) is 0. The van der Waals surface area contributed by atoms with Crippen LogP contribution in [0.15, 0.2) is 24.3 Å². The van der Waals surface area contributed by atoms with E-state index >= 15 is 0 Å². The molecule has 0 saturated heterocycles. The van der Waals surface area contributed by atoms with E-state index in [0.29, 0.717) is 0 Å². The molecule has 0 atom stereocenters. The smallest absolute Gasteiger partial charge is 0.123 e. The molecule has 0 bridgehead atoms. The first-order chi connectivity index (χ1) is 5.33. The Morgan fingerprint density at radius 1 is 1.55 bits per heavy atom. The van der Waals surface area contributed by atoms with Gasteiger partial charge in [0.2, 0.25) is 0 Å². The zero-order valence-corrected chi connectivity index (χ0v) is 6.44. The molecule has 1 aromatic rings. The molecule has 1 rings (SSSR count). The van der Waals surface area contributed by atoms with Crippen LogP contribution in [0.2, 0.25) is 0 Å². The monoisotopic (exact) mass is 175 g/mol. The first-order valence-corrected chi connectivity index (χ1v) is 3.42. The number of hydrogen-bond donors (Lipinski definition) is 1. The largest absolute Gasteiger partial charge is 0.282 e. The number of hydrogen-bond acceptors (Lipinski definition) is 2. The fraction of sp³-hybridized carbons (Fsp3) is 0.143. The molecule has 0 unspecified atom stereocenters. The predicted octanol–water partition coefficient (Wildman–Crippen LogP) is 2.00. The van der Waals surface area contributed by atoms with Crippen LogP contribution in [0.3, 0.4) is 0 Å². The van der Waals surface area contributed by atoms with E-state index in [9.17, 15) is 4.39 Å². The summed E-state index contributed by atoms with van der Waals surface area (Å²) in [6, 6.07) is 6.12. The fourth-order valence-electron chi connectivity index (χ4n) is 0.737. The van der Waals surface area contributed by atoms with Crippen molar-refractivity contribution in [2.45, 2.75) is 6.61 Å². The summed E-state index contributed by atoms with van der Waals surface area (Å²) in [4.78, 5) is 6.61. The third-order valence-electron chi connectivity index (χ3n) is 1.18. The Kier molecular flexibility index (Phi) is 3.29. The molecule has 0 saturated carbocycles. The van der Waals surface area contributed by atoms with Crippen molar-refractivity contribution in [2.75, 3.05) is 0 Å². The zero-order chi connectivity index (χ0) is 8.10. The third-order valence-corrected chi connectivity index (χ3v) is 1.29. The van der Waals surface area contributed by atoms with Crippen molar-refractivity contribution in [3.8, 4) is 0 Å². The molecule has 0 spiro atoms. The second kappa shape index (κ2) is 4.28. The van der Waals surface area contributed by atoms with Gasteiger partial charge in [-0.3, -0.25) is 4.84 Å². The third kappa shape index (κ3) is 2.84. The molecule has 60 valence electrons. The van der Waals surface area contributed by atoms with Crippen molar-refractivity contribution < 1.29 is 9.23 Å². The number of nitrogens with one attached hydrogen (secondary N) is 1. The molecule has 1 N–H and O–H groups in total. The van der Waals surface area contributed by atoms with E-state index in [1.54, 1.807) is 12.1 Å². The molecule has 1 aromatic carbocycles. The van der Waals surface area contributed by atoms with Crippen LogP contribution in [-0.4, -0.2) is 0 Å². The maximum atomic E-state index is 12.5. The van der Waals surface area contributed by atoms with Crippen molar-refractivity contribution >= 4 is 11.8 Å². The highest BCUT2D eigenvalue weighted by Crippen LogP contribution is 2.03. The molecule has 0 aliphatic carbocycles. The Morgan fingerprint density at radius 3 is 3.00 bits per heavy atom. The lowest BCUT2D eigenvalue weighted by Gasteiger charge is -1.99. The summed E-state index contributed by atoms with van der Waals surface area (Å²) < 4.78 is 12.5. The van der Waals surface area contributed by atoms with E-state index in [1.165, 1.54) is 12.1 Å². The van der Waals surface area contributed by atoms with E-state index in [2.05, 4.69) is 4.84 Å². The van der Waals surface area contributed by atoms with Crippen LogP contribution in [0.25, 0.3) is 0 Å². The lowest BCUT2D eigenvalue weighted by Crippen LogP contribution is -2.00. The van der Waals surface area contributed by atoms with Gasteiger partial charge < -0.3 is 0 Å². The standard InChI is InChI=1S/C7H7ClFNO/c8-10-11-5-6-2-1-3-7(9)4-6/h1-4,10H,5H2. The SMILES string of the molecule is Fc1cccc(CONCl)c1. The van der Waals surface area contributed by atoms with Crippen LogP contribution in [-0.2, 0) is 11.4 Å². The van der Waals surface area contributed by atoms with Crippen LogP contribution in [0.4, 0.5) is 4.39 Å². The van der Waals surface area contributed by atoms with Crippen molar-refractivity contribution in [2.24, 2.45) is 0 Å². The van der Waals surface area contributed by atoms with Crippen molar-refractivity contribution in [3.63, 3.8) is 0 Å². The van der Waals surface area contributed by atoms with Crippen LogP contribution in [0.5, 0.6) is 0 Å². The summed E-state index contributed by atoms with van der Waals surface area (Å²) in [5.74, 6) is -0.277. The first-order valence-electron chi connectivity index (χ1n) is 3.05. The van der Waals surface area contributed by atoms with Gasteiger partial charge in [-0.25, -0.2) is 4.39 Å². The summed E-state index contributed by atoms with van der Waals surface area (Å²) in [6.07, 6.45) is 0. The Morgan fingerprint density at radius 2 is 2.36 bits per heavy atom. The molecule has 0 heterocycles. The van der Waals surface area contributed by atoms with Gasteiger partial charge in [0.15, 0.2) is 0 Å². The van der Waals surface area contributed by atoms with Crippen LogP contribution >= 0.6 is 11.8 Å². The van der Waals surface area contributed by atoms with E-state index in [4.69, 9.17) is 11.8 Å². The molecule has 0 radical (unpaired) electrons. The minimum absolute atomic E-state index is 0.251. The number of rotatable bonds is 3. The summed E-state index contributed by atoms with van der Waals surface area (Å²) in [6.45, 7) is 0.251. The average molecular weight is 176 g/mol. The summed E-state index contributed by atoms with van der Waals surface area (Å²) in [5.41, 5.74) is 0.734. The van der Waals surface area contributed by atoms with Crippen LogP contribution in [0.1, 0.15) is 5.56 Å². The molecule has 2 nitrogen and oxygen atoms in total. The Balaban J connectivity index is 2.56. The van der Waals surface area contributed by atoms with Gasteiger partial charge in [0, 0.05) is 11.8 Å². The lowest BCUT2D eigenvalue weighted by atomic mass is 10.2. The molecular weight excluding hydrogens is 169 g/mol. The second-order valence-electron chi connectivity index (χ2n) is 2.00. The van der Waals surface area contributed by atoms with Gasteiger partial charge >= 0.3 is 0 Å². The highest BCUT2D eigenvalue weighted by molar-refractivity contribution is 6.12. The number of benzene rings is 1. The van der Waals surface area contributed by atoms with Crippen molar-refractivity contribution in [1.29, 1.82) is 0 Å². The molecule has 4 heteroatoms. The van der Waals surface area contributed by atoms with Gasteiger partial charge in [-0.15, -0.1) is 5.00 Å². The second-order valence-corrected chi connectivity index (χ2v) is 2.15. The van der Waals surface area contributed by atoms with E-state index < -0.39 is 0 Å². The maximum absolute atomic E-state index is 12.5. The Hall–Kier alpha value is -0.640. The molecule has 0 aliphatic heterocycles. The van der Waals surface area contributed by atoms with Gasteiger partial charge in [-0.2, -0.15) is 0 Å². The minimum Gasteiger partial charge on any atom is -0.282 e. The summed E-state index contributed by atoms with van der Waals surface area (Å²) in [7, 11) is 0. The van der Waals surface area contributed by atoms with E-state index in [-0.39, 0.29) is 12.4 Å². The molecule has 0 amide bonds. The zero-order valence-electron chi connectivity index (χ0n) is 5.68. The van der Waals surface area contributed by atoms with Crippen LogP contribution < -0.4 is 5.00 Å². The van der Waals surface area contributed by atoms with Gasteiger partial charge in [0.25, 0.3) is 0 Å². The lowest BCUT2D eigenvalue weighted by molar-refractivity contribution is 0.0815. The molecular formula is C7H7ClFNO. The average Bonchev–Trinajstić information content (AvgIpc) is 2.01. The van der Waals surface area contributed by atoms with Crippen molar-refractivity contribution in [1.82, 2.24) is 5.00 Å². The molecule has 11 heavy (non-hydrogen) atoms. The van der Waals surface area contributed by atoms with Gasteiger partial charge in [0.05, 0.1) is 6.61 Å². The quantitative estimate of drug-likeness (QED) is 0.561. The topological polar surface area (TPSA) is 21.3 Å². The van der Waals surface area contributed by atoms with E-state index in [1.807, 2.05) is 5.00 Å². The first kappa shape index (κ1) is 8.46. The molecule has 0 fully saturated rings. The highest BCUT2D eigenvalue weighted by Gasteiger charge is 1.93. The van der Waals surface area contributed by atoms with Crippen molar-refractivity contribution in [3.05, 3.63) is 35.6 Å². The Bertz CT molecular complexity index is 231. The Labute approximate surface area is 69.0 Å². The van der Waals surface area contributed by atoms with Gasteiger partial charge in [-0.1, -0.05) is 12.1 Å². The molecule has 0 aromatic heterocycles. The van der Waals surface area contributed by atoms with Gasteiger partial charge in [-0.05, 0) is 17.7 Å². The normalized spacial score (nSPS) is 10.0.